The molecule has 2 aromatic carbocycles. The van der Waals surface area contributed by atoms with E-state index in [1.165, 1.54) is 0 Å². The van der Waals surface area contributed by atoms with Gasteiger partial charge in [-0.2, -0.15) is 0 Å². The Morgan fingerprint density at radius 2 is 1.44 bits per heavy atom. The van der Waals surface area contributed by atoms with Gasteiger partial charge in [0, 0.05) is 22.9 Å². The number of hydrogen-bond acceptors (Lipinski definition) is 3. The zero-order valence-corrected chi connectivity index (χ0v) is 14.5. The molecule has 1 heterocycles. The Morgan fingerprint density at radius 3 is 2.04 bits per heavy atom. The Balaban J connectivity index is 1.69. The highest BCUT2D eigenvalue weighted by atomic mass is 32.2. The molecule has 140 valence electrons. The highest BCUT2D eigenvalue weighted by Gasteiger charge is 2.31. The van der Waals surface area contributed by atoms with Crippen LogP contribution in [0.5, 0.6) is 0 Å². The minimum Gasteiger partial charge on any atom is -0.274 e. The molecule has 0 unspecified atom stereocenters. The standard InChI is InChI=1S/C18H12F5N3S/c19-12-11(13(20)15(22)16(23)14(12)21)8-27-18-25-24-17(9-6-7-9)26(18)10-4-2-1-3-5-10/h1-5,9H,6-8H2. The fourth-order valence-corrected chi connectivity index (χ4v) is 3.67. The quantitative estimate of drug-likeness (QED) is 0.259. The fraction of sp³-hybridized carbons (Fsp3) is 0.222. The average Bonchev–Trinajstić information content (AvgIpc) is 3.45. The number of thioether (sulfide) groups is 1. The van der Waals surface area contributed by atoms with Gasteiger partial charge in [-0.1, -0.05) is 30.0 Å². The minimum atomic E-state index is -2.16. The third-order valence-electron chi connectivity index (χ3n) is 4.26. The highest BCUT2D eigenvalue weighted by Crippen LogP contribution is 2.41. The monoisotopic (exact) mass is 397 g/mol. The number of nitrogens with zero attached hydrogens (tertiary/aromatic N) is 3. The molecule has 0 atom stereocenters. The molecular formula is C18H12F5N3S. The van der Waals surface area contributed by atoms with Crippen LogP contribution < -0.4 is 0 Å². The second-order valence-electron chi connectivity index (χ2n) is 6.12. The van der Waals surface area contributed by atoms with Crippen LogP contribution in [0.2, 0.25) is 0 Å². The van der Waals surface area contributed by atoms with Gasteiger partial charge >= 0.3 is 0 Å². The molecule has 0 aliphatic heterocycles. The van der Waals surface area contributed by atoms with Gasteiger partial charge in [0.25, 0.3) is 0 Å². The van der Waals surface area contributed by atoms with E-state index in [2.05, 4.69) is 10.2 Å². The van der Waals surface area contributed by atoms with Gasteiger partial charge in [0.1, 0.15) is 5.82 Å². The van der Waals surface area contributed by atoms with Crippen LogP contribution in [0.1, 0.15) is 30.1 Å². The van der Waals surface area contributed by atoms with Gasteiger partial charge in [-0.25, -0.2) is 22.0 Å². The van der Waals surface area contributed by atoms with Gasteiger partial charge < -0.3 is 0 Å². The molecule has 4 rings (SSSR count). The van der Waals surface area contributed by atoms with E-state index < -0.39 is 40.4 Å². The Labute approximate surface area is 155 Å². The van der Waals surface area contributed by atoms with Crippen LogP contribution in [-0.4, -0.2) is 14.8 Å². The number of benzene rings is 2. The lowest BCUT2D eigenvalue weighted by molar-refractivity contribution is 0.372. The van der Waals surface area contributed by atoms with Gasteiger partial charge in [-0.15, -0.1) is 10.2 Å². The molecule has 3 nitrogen and oxygen atoms in total. The molecule has 0 saturated heterocycles. The van der Waals surface area contributed by atoms with E-state index >= 15 is 0 Å². The topological polar surface area (TPSA) is 30.7 Å². The Bertz CT molecular complexity index is 973. The molecule has 0 radical (unpaired) electrons. The summed E-state index contributed by atoms with van der Waals surface area (Å²) in [6.45, 7) is 0. The zero-order valence-electron chi connectivity index (χ0n) is 13.7. The predicted octanol–water partition coefficient (Wildman–Crippen LogP) is 5.13. The molecule has 1 saturated carbocycles. The van der Waals surface area contributed by atoms with Crippen LogP contribution in [0.15, 0.2) is 35.5 Å². The molecule has 3 aromatic rings. The second kappa shape index (κ2) is 6.95. The van der Waals surface area contributed by atoms with Crippen LogP contribution in [0.3, 0.4) is 0 Å². The molecule has 1 aliphatic rings. The summed E-state index contributed by atoms with van der Waals surface area (Å²) >= 11 is 0.866. The van der Waals surface area contributed by atoms with E-state index in [1.807, 2.05) is 30.3 Å². The smallest absolute Gasteiger partial charge is 0.200 e. The van der Waals surface area contributed by atoms with Crippen molar-refractivity contribution in [1.29, 1.82) is 0 Å². The van der Waals surface area contributed by atoms with Crippen molar-refractivity contribution in [3.05, 3.63) is 70.8 Å². The summed E-state index contributed by atoms with van der Waals surface area (Å²) in [4.78, 5) is 0. The summed E-state index contributed by atoms with van der Waals surface area (Å²) in [5, 5.41) is 8.54. The van der Waals surface area contributed by atoms with Gasteiger partial charge in [0.05, 0.1) is 0 Å². The van der Waals surface area contributed by atoms with Crippen LogP contribution in [0.25, 0.3) is 5.69 Å². The zero-order chi connectivity index (χ0) is 19.1. The minimum absolute atomic E-state index is 0.251. The lowest BCUT2D eigenvalue weighted by Gasteiger charge is -2.11. The van der Waals surface area contributed by atoms with Crippen molar-refractivity contribution in [2.24, 2.45) is 0 Å². The van der Waals surface area contributed by atoms with Crippen molar-refractivity contribution < 1.29 is 22.0 Å². The number of halogens is 5. The van der Waals surface area contributed by atoms with Crippen molar-refractivity contribution >= 4 is 11.8 Å². The van der Waals surface area contributed by atoms with Gasteiger partial charge in [-0.3, -0.25) is 4.57 Å². The molecule has 27 heavy (non-hydrogen) atoms. The Morgan fingerprint density at radius 1 is 0.852 bits per heavy atom. The van der Waals surface area contributed by atoms with Gasteiger partial charge in [0.2, 0.25) is 5.82 Å². The first-order valence-electron chi connectivity index (χ1n) is 8.13. The maximum atomic E-state index is 13.9. The number of rotatable bonds is 5. The molecule has 1 aliphatic carbocycles. The average molecular weight is 397 g/mol. The summed E-state index contributed by atoms with van der Waals surface area (Å²) in [5.41, 5.74) is -0.115. The number of para-hydroxylation sites is 1. The van der Waals surface area contributed by atoms with E-state index in [-0.39, 0.29) is 5.92 Å². The van der Waals surface area contributed by atoms with Crippen LogP contribution in [0.4, 0.5) is 22.0 Å². The van der Waals surface area contributed by atoms with E-state index in [0.29, 0.717) is 5.16 Å². The van der Waals surface area contributed by atoms with Gasteiger partial charge in [-0.05, 0) is 25.0 Å². The van der Waals surface area contributed by atoms with E-state index in [1.54, 1.807) is 4.57 Å². The summed E-state index contributed by atoms with van der Waals surface area (Å²) in [7, 11) is 0. The molecule has 0 N–H and O–H groups in total. The van der Waals surface area contributed by atoms with E-state index in [9.17, 15) is 22.0 Å². The first-order valence-corrected chi connectivity index (χ1v) is 9.11. The lowest BCUT2D eigenvalue weighted by Crippen LogP contribution is -2.07. The summed E-state index contributed by atoms with van der Waals surface area (Å²) < 4.78 is 69.5. The van der Waals surface area contributed by atoms with Crippen LogP contribution in [-0.2, 0) is 5.75 Å². The second-order valence-corrected chi connectivity index (χ2v) is 7.07. The Kier molecular flexibility index (Phi) is 4.63. The first-order chi connectivity index (χ1) is 13.0. The molecule has 1 aromatic heterocycles. The van der Waals surface area contributed by atoms with Crippen LogP contribution >= 0.6 is 11.8 Å². The number of hydrogen-bond donors (Lipinski definition) is 0. The van der Waals surface area contributed by atoms with Gasteiger partial charge in [0.15, 0.2) is 28.4 Å². The fourth-order valence-electron chi connectivity index (χ4n) is 2.71. The summed E-state index contributed by atoms with van der Waals surface area (Å²) in [6.07, 6.45) is 1.93. The van der Waals surface area contributed by atoms with E-state index in [4.69, 9.17) is 0 Å². The number of aromatic nitrogens is 3. The maximum absolute atomic E-state index is 13.9. The molecule has 0 spiro atoms. The van der Waals surface area contributed by atoms with Crippen LogP contribution in [0, 0.1) is 29.1 Å². The molecule has 9 heteroatoms. The summed E-state index contributed by atoms with van der Waals surface area (Å²) in [6, 6.07) is 9.15. The third-order valence-corrected chi connectivity index (χ3v) is 5.22. The van der Waals surface area contributed by atoms with Crippen molar-refractivity contribution in [3.63, 3.8) is 0 Å². The lowest BCUT2D eigenvalue weighted by atomic mass is 10.2. The highest BCUT2D eigenvalue weighted by molar-refractivity contribution is 7.98. The summed E-state index contributed by atoms with van der Waals surface area (Å²) in [5.74, 6) is -9.22. The third kappa shape index (κ3) is 3.20. The largest absolute Gasteiger partial charge is 0.274 e. The normalized spacial score (nSPS) is 14.0. The molecular weight excluding hydrogens is 385 g/mol. The molecule has 0 amide bonds. The SMILES string of the molecule is Fc1c(F)c(F)c(CSc2nnc(C3CC3)n2-c2ccccc2)c(F)c1F. The molecule has 0 bridgehead atoms. The Hall–Kier alpha value is -2.42. The maximum Gasteiger partial charge on any atom is 0.200 e. The predicted molar refractivity (Wildman–Crippen MR) is 89.1 cm³/mol. The van der Waals surface area contributed by atoms with Crippen molar-refractivity contribution in [3.8, 4) is 5.69 Å². The van der Waals surface area contributed by atoms with Crippen molar-refractivity contribution in [2.45, 2.75) is 29.7 Å². The first kappa shape index (κ1) is 18.0. The molecule has 1 fully saturated rings. The van der Waals surface area contributed by atoms with E-state index in [0.717, 1.165) is 36.1 Å². The van der Waals surface area contributed by atoms with Crippen molar-refractivity contribution in [1.82, 2.24) is 14.8 Å². The van der Waals surface area contributed by atoms with Crippen molar-refractivity contribution in [2.75, 3.05) is 0 Å².